The Bertz CT molecular complexity index is 788. The van der Waals surface area contributed by atoms with Crippen molar-refractivity contribution < 1.29 is 9.21 Å². The zero-order valence-electron chi connectivity index (χ0n) is 12.0. The monoisotopic (exact) mass is 280 g/mol. The first kappa shape index (κ1) is 13.4. The van der Waals surface area contributed by atoms with Crippen LogP contribution in [0.4, 0.5) is 0 Å². The van der Waals surface area contributed by atoms with Crippen LogP contribution in [0.15, 0.2) is 46.9 Å². The van der Waals surface area contributed by atoms with Crippen molar-refractivity contribution >= 4 is 17.0 Å². The van der Waals surface area contributed by atoms with Crippen molar-refractivity contribution in [3.63, 3.8) is 0 Å². The van der Waals surface area contributed by atoms with E-state index < -0.39 is 0 Å². The van der Waals surface area contributed by atoms with Crippen molar-refractivity contribution in [2.75, 3.05) is 0 Å². The highest BCUT2D eigenvalue weighted by molar-refractivity contribution is 5.77. The summed E-state index contributed by atoms with van der Waals surface area (Å²) in [6, 6.07) is 13.8. The van der Waals surface area contributed by atoms with Gasteiger partial charge in [-0.25, -0.2) is 4.98 Å². The molecule has 4 heteroatoms. The number of nitrogens with zero attached hydrogens (tertiary/aromatic N) is 1. The Morgan fingerprint density at radius 1 is 1.19 bits per heavy atom. The molecule has 0 aliphatic carbocycles. The minimum Gasteiger partial charge on any atom is -0.436 e. The molecule has 2 aromatic carbocycles. The molecule has 21 heavy (non-hydrogen) atoms. The molecule has 3 rings (SSSR count). The summed E-state index contributed by atoms with van der Waals surface area (Å²) in [6.07, 6.45) is 0. The summed E-state index contributed by atoms with van der Waals surface area (Å²) < 4.78 is 5.79. The normalized spacial score (nSPS) is 10.8. The molecule has 0 unspecified atom stereocenters. The topological polar surface area (TPSA) is 55.1 Å². The first-order chi connectivity index (χ1) is 10.1. The van der Waals surface area contributed by atoms with Crippen LogP contribution < -0.4 is 5.32 Å². The van der Waals surface area contributed by atoms with Gasteiger partial charge in [0.1, 0.15) is 5.52 Å². The predicted molar refractivity (Wildman–Crippen MR) is 81.7 cm³/mol. The molecule has 4 nitrogen and oxygen atoms in total. The Hall–Kier alpha value is -2.62. The summed E-state index contributed by atoms with van der Waals surface area (Å²) in [4.78, 5) is 15.4. The van der Waals surface area contributed by atoms with Crippen LogP contribution in [-0.2, 0) is 11.3 Å². The minimum atomic E-state index is -0.0339. The average Bonchev–Trinajstić information content (AvgIpc) is 2.88. The van der Waals surface area contributed by atoms with Gasteiger partial charge in [0.15, 0.2) is 5.58 Å². The molecule has 0 fully saturated rings. The van der Waals surface area contributed by atoms with Gasteiger partial charge in [0, 0.05) is 19.0 Å². The van der Waals surface area contributed by atoms with Gasteiger partial charge in [-0.05, 0) is 42.3 Å². The van der Waals surface area contributed by atoms with Gasteiger partial charge in [-0.3, -0.25) is 4.79 Å². The maximum Gasteiger partial charge on any atom is 0.227 e. The number of hydrogen-bond acceptors (Lipinski definition) is 3. The fourth-order valence-corrected chi connectivity index (χ4v) is 2.15. The first-order valence-electron chi connectivity index (χ1n) is 6.83. The van der Waals surface area contributed by atoms with E-state index >= 15 is 0 Å². The smallest absolute Gasteiger partial charge is 0.227 e. The molecule has 1 heterocycles. The number of fused-ring (bicyclic) bond motifs is 1. The molecule has 1 amide bonds. The number of amides is 1. The van der Waals surface area contributed by atoms with Gasteiger partial charge in [0.2, 0.25) is 11.8 Å². The second-order valence-electron chi connectivity index (χ2n) is 5.10. The molecule has 0 spiro atoms. The maximum atomic E-state index is 10.9. The van der Waals surface area contributed by atoms with E-state index in [4.69, 9.17) is 4.42 Å². The number of aromatic nitrogens is 1. The molecule has 0 saturated heterocycles. The molecule has 3 aromatic rings. The third kappa shape index (κ3) is 2.94. The van der Waals surface area contributed by atoms with Crippen LogP contribution >= 0.6 is 0 Å². The molecule has 0 aliphatic heterocycles. The van der Waals surface area contributed by atoms with E-state index in [1.165, 1.54) is 6.92 Å². The van der Waals surface area contributed by atoms with Crippen molar-refractivity contribution in [1.82, 2.24) is 10.3 Å². The van der Waals surface area contributed by atoms with E-state index in [-0.39, 0.29) is 5.91 Å². The van der Waals surface area contributed by atoms with Crippen molar-refractivity contribution in [3.05, 3.63) is 53.6 Å². The Balaban J connectivity index is 1.86. The number of oxazole rings is 1. The SMILES string of the molecule is CC(=O)NCc1ccc(-c2nc3ccc(C)cc3o2)cc1. The van der Waals surface area contributed by atoms with Crippen molar-refractivity contribution in [2.45, 2.75) is 20.4 Å². The zero-order chi connectivity index (χ0) is 14.8. The van der Waals surface area contributed by atoms with Crippen molar-refractivity contribution in [1.29, 1.82) is 0 Å². The lowest BCUT2D eigenvalue weighted by molar-refractivity contribution is -0.119. The Labute approximate surface area is 122 Å². The Morgan fingerprint density at radius 2 is 1.95 bits per heavy atom. The number of carbonyl (C=O) groups excluding carboxylic acids is 1. The van der Waals surface area contributed by atoms with Crippen LogP contribution in [0.25, 0.3) is 22.6 Å². The van der Waals surface area contributed by atoms with E-state index in [1.807, 2.05) is 49.4 Å². The summed E-state index contributed by atoms with van der Waals surface area (Å²) in [6.45, 7) is 4.06. The van der Waals surface area contributed by atoms with E-state index in [2.05, 4.69) is 10.3 Å². The molecule has 0 radical (unpaired) electrons. The van der Waals surface area contributed by atoms with Crippen LogP contribution in [0.1, 0.15) is 18.1 Å². The second-order valence-corrected chi connectivity index (χ2v) is 5.10. The highest BCUT2D eigenvalue weighted by atomic mass is 16.3. The fourth-order valence-electron chi connectivity index (χ4n) is 2.15. The Morgan fingerprint density at radius 3 is 2.67 bits per heavy atom. The fraction of sp³-hybridized carbons (Fsp3) is 0.176. The molecule has 0 aliphatic rings. The molecule has 1 N–H and O–H groups in total. The number of carbonyl (C=O) groups is 1. The number of aryl methyl sites for hydroxylation is 1. The number of nitrogens with one attached hydrogen (secondary N) is 1. The summed E-state index contributed by atoms with van der Waals surface area (Å²) in [5.41, 5.74) is 4.78. The van der Waals surface area contributed by atoms with Gasteiger partial charge in [0.05, 0.1) is 0 Å². The average molecular weight is 280 g/mol. The van der Waals surface area contributed by atoms with Gasteiger partial charge >= 0.3 is 0 Å². The lowest BCUT2D eigenvalue weighted by atomic mass is 10.1. The number of hydrogen-bond donors (Lipinski definition) is 1. The maximum absolute atomic E-state index is 10.9. The molecule has 1 aromatic heterocycles. The molecular weight excluding hydrogens is 264 g/mol. The van der Waals surface area contributed by atoms with Crippen molar-refractivity contribution in [3.8, 4) is 11.5 Å². The summed E-state index contributed by atoms with van der Waals surface area (Å²) >= 11 is 0. The second kappa shape index (κ2) is 5.40. The predicted octanol–water partition coefficient (Wildman–Crippen LogP) is 3.44. The molecule has 0 bridgehead atoms. The third-order valence-electron chi connectivity index (χ3n) is 3.29. The largest absolute Gasteiger partial charge is 0.436 e. The number of benzene rings is 2. The highest BCUT2D eigenvalue weighted by Crippen LogP contribution is 2.25. The van der Waals surface area contributed by atoms with Crippen LogP contribution in [0, 0.1) is 6.92 Å². The van der Waals surface area contributed by atoms with Crippen LogP contribution in [0.3, 0.4) is 0 Å². The van der Waals surface area contributed by atoms with Gasteiger partial charge in [-0.2, -0.15) is 0 Å². The summed E-state index contributed by atoms with van der Waals surface area (Å²) in [5, 5.41) is 2.77. The lowest BCUT2D eigenvalue weighted by Gasteiger charge is -2.02. The van der Waals surface area contributed by atoms with Gasteiger partial charge in [-0.15, -0.1) is 0 Å². The highest BCUT2D eigenvalue weighted by Gasteiger charge is 2.08. The van der Waals surface area contributed by atoms with Gasteiger partial charge < -0.3 is 9.73 Å². The summed E-state index contributed by atoms with van der Waals surface area (Å²) in [5.74, 6) is 0.579. The van der Waals surface area contributed by atoms with Crippen LogP contribution in [0.2, 0.25) is 0 Å². The summed E-state index contributed by atoms with van der Waals surface area (Å²) in [7, 11) is 0. The third-order valence-corrected chi connectivity index (χ3v) is 3.29. The van der Waals surface area contributed by atoms with Crippen LogP contribution in [-0.4, -0.2) is 10.9 Å². The minimum absolute atomic E-state index is 0.0339. The standard InChI is InChI=1S/C17H16N2O2/c1-11-3-8-15-16(9-11)21-17(19-15)14-6-4-13(5-7-14)10-18-12(2)20/h3-9H,10H2,1-2H3,(H,18,20). The first-order valence-corrected chi connectivity index (χ1v) is 6.83. The quantitative estimate of drug-likeness (QED) is 0.799. The zero-order valence-corrected chi connectivity index (χ0v) is 12.0. The van der Waals surface area contributed by atoms with Gasteiger partial charge in [-0.1, -0.05) is 18.2 Å². The molecule has 0 atom stereocenters. The molecule has 106 valence electrons. The van der Waals surface area contributed by atoms with E-state index in [0.29, 0.717) is 12.4 Å². The molecule has 0 saturated carbocycles. The van der Waals surface area contributed by atoms with E-state index in [9.17, 15) is 4.79 Å². The molecular formula is C17H16N2O2. The van der Waals surface area contributed by atoms with E-state index in [1.54, 1.807) is 0 Å². The van der Waals surface area contributed by atoms with E-state index in [0.717, 1.165) is 27.8 Å². The van der Waals surface area contributed by atoms with Crippen molar-refractivity contribution in [2.24, 2.45) is 0 Å². The Kier molecular flexibility index (Phi) is 3.44. The lowest BCUT2D eigenvalue weighted by Crippen LogP contribution is -2.18. The van der Waals surface area contributed by atoms with Crippen LogP contribution in [0.5, 0.6) is 0 Å². The van der Waals surface area contributed by atoms with Gasteiger partial charge in [0.25, 0.3) is 0 Å². The number of rotatable bonds is 3.